The van der Waals surface area contributed by atoms with Gasteiger partial charge in [-0.05, 0) is 86.4 Å². The van der Waals surface area contributed by atoms with Gasteiger partial charge in [0.1, 0.15) is 5.78 Å². The van der Waals surface area contributed by atoms with Gasteiger partial charge < -0.3 is 9.47 Å². The smallest absolute Gasteiger partial charge is 0.136 e. The van der Waals surface area contributed by atoms with Gasteiger partial charge in [-0.25, -0.2) is 0 Å². The zero-order valence-electron chi connectivity index (χ0n) is 18.7. The van der Waals surface area contributed by atoms with Gasteiger partial charge in [0.15, 0.2) is 0 Å². The molecule has 160 valence electrons. The Hall–Kier alpha value is -0.410. The Morgan fingerprint density at radius 1 is 0.893 bits per heavy atom. The molecule has 3 heteroatoms. The standard InChI is InChI=1S/C25H42O3/c1-5-13-27-18-9-11-24(3)17(15-18)16-21(26)23-19-7-8-22(28-14-6-2)25(19,4)12-10-20(23)24/h17-20,22-23H,5-16H2,1-4H3/t17-,18-,19+,20+,22-,23-,24+,25+/m0/s1. The summed E-state index contributed by atoms with van der Waals surface area (Å²) in [4.78, 5) is 13.5. The van der Waals surface area contributed by atoms with Crippen LogP contribution in [0.1, 0.15) is 91.9 Å². The van der Waals surface area contributed by atoms with Crippen LogP contribution in [0, 0.1) is 34.5 Å². The van der Waals surface area contributed by atoms with Gasteiger partial charge in [0.25, 0.3) is 0 Å². The van der Waals surface area contributed by atoms with Crippen LogP contribution in [0.15, 0.2) is 0 Å². The molecule has 0 N–H and O–H groups in total. The van der Waals surface area contributed by atoms with Gasteiger partial charge in [0, 0.05) is 25.6 Å². The molecule has 0 bridgehead atoms. The van der Waals surface area contributed by atoms with Crippen molar-refractivity contribution in [2.45, 2.75) is 104 Å². The second-order valence-electron chi connectivity index (χ2n) is 10.9. The average molecular weight is 391 g/mol. The van der Waals surface area contributed by atoms with Crippen LogP contribution in [0.2, 0.25) is 0 Å². The maximum Gasteiger partial charge on any atom is 0.136 e. The number of rotatable bonds is 6. The van der Waals surface area contributed by atoms with Gasteiger partial charge in [-0.2, -0.15) is 0 Å². The third kappa shape index (κ3) is 3.29. The highest BCUT2D eigenvalue weighted by Crippen LogP contribution is 2.65. The summed E-state index contributed by atoms with van der Waals surface area (Å²) >= 11 is 0. The van der Waals surface area contributed by atoms with Gasteiger partial charge >= 0.3 is 0 Å². The molecule has 4 saturated carbocycles. The van der Waals surface area contributed by atoms with Crippen LogP contribution in [0.5, 0.6) is 0 Å². The normalized spacial score (nSPS) is 48.1. The first-order valence-electron chi connectivity index (χ1n) is 12.2. The summed E-state index contributed by atoms with van der Waals surface area (Å²) in [5.74, 6) is 2.55. The number of carbonyl (C=O) groups is 1. The molecule has 0 heterocycles. The molecule has 4 aliphatic rings. The molecule has 0 aromatic heterocycles. The molecule has 0 aromatic carbocycles. The lowest BCUT2D eigenvalue weighted by molar-refractivity contribution is -0.166. The minimum absolute atomic E-state index is 0.219. The van der Waals surface area contributed by atoms with Crippen molar-refractivity contribution in [1.29, 1.82) is 0 Å². The number of hydrogen-bond acceptors (Lipinski definition) is 3. The number of ketones is 1. The van der Waals surface area contributed by atoms with Crippen LogP contribution in [0.3, 0.4) is 0 Å². The Morgan fingerprint density at radius 2 is 1.57 bits per heavy atom. The minimum atomic E-state index is 0.219. The van der Waals surface area contributed by atoms with E-state index in [4.69, 9.17) is 9.47 Å². The second kappa shape index (κ2) is 8.02. The molecule has 0 spiro atoms. The summed E-state index contributed by atoms with van der Waals surface area (Å²) in [6, 6.07) is 0. The van der Waals surface area contributed by atoms with E-state index in [1.54, 1.807) is 0 Å². The number of hydrogen-bond donors (Lipinski definition) is 0. The number of carbonyl (C=O) groups excluding carboxylic acids is 1. The van der Waals surface area contributed by atoms with Crippen molar-refractivity contribution in [3.63, 3.8) is 0 Å². The van der Waals surface area contributed by atoms with Gasteiger partial charge in [0.05, 0.1) is 12.2 Å². The molecule has 4 aliphatic carbocycles. The summed E-state index contributed by atoms with van der Waals surface area (Å²) in [5.41, 5.74) is 0.560. The van der Waals surface area contributed by atoms with Gasteiger partial charge in [-0.15, -0.1) is 0 Å². The topological polar surface area (TPSA) is 35.5 Å². The molecule has 4 rings (SSSR count). The minimum Gasteiger partial charge on any atom is -0.378 e. The van der Waals surface area contributed by atoms with Crippen molar-refractivity contribution in [3.8, 4) is 0 Å². The van der Waals surface area contributed by atoms with E-state index in [1.165, 1.54) is 32.1 Å². The molecular weight excluding hydrogens is 348 g/mol. The number of fused-ring (bicyclic) bond motifs is 5. The quantitative estimate of drug-likeness (QED) is 0.575. The molecule has 28 heavy (non-hydrogen) atoms. The van der Waals surface area contributed by atoms with Crippen molar-refractivity contribution >= 4 is 5.78 Å². The highest BCUT2D eigenvalue weighted by atomic mass is 16.5. The van der Waals surface area contributed by atoms with Crippen molar-refractivity contribution in [2.24, 2.45) is 34.5 Å². The maximum absolute atomic E-state index is 13.5. The zero-order chi connectivity index (χ0) is 19.9. The van der Waals surface area contributed by atoms with Crippen LogP contribution in [0.4, 0.5) is 0 Å². The maximum atomic E-state index is 13.5. The van der Waals surface area contributed by atoms with Crippen LogP contribution in [-0.2, 0) is 14.3 Å². The van der Waals surface area contributed by atoms with E-state index >= 15 is 0 Å². The van der Waals surface area contributed by atoms with Crippen molar-refractivity contribution in [3.05, 3.63) is 0 Å². The molecule has 4 fully saturated rings. The third-order valence-corrected chi connectivity index (χ3v) is 9.42. The van der Waals surface area contributed by atoms with E-state index in [1.807, 2.05) is 0 Å². The molecule has 0 radical (unpaired) electrons. The average Bonchev–Trinajstić information content (AvgIpc) is 3.01. The Labute approximate surface area is 172 Å². The number of Topliss-reactive ketones (excluding diaryl/α,β-unsaturated/α-hetero) is 1. The van der Waals surface area contributed by atoms with E-state index in [2.05, 4.69) is 27.7 Å². The van der Waals surface area contributed by atoms with Crippen LogP contribution < -0.4 is 0 Å². The van der Waals surface area contributed by atoms with Gasteiger partial charge in [-0.1, -0.05) is 27.7 Å². The Bertz CT molecular complexity index is 574. The third-order valence-electron chi connectivity index (χ3n) is 9.42. The lowest BCUT2D eigenvalue weighted by atomic mass is 9.45. The van der Waals surface area contributed by atoms with Crippen molar-refractivity contribution in [2.75, 3.05) is 13.2 Å². The zero-order valence-corrected chi connectivity index (χ0v) is 18.7. The van der Waals surface area contributed by atoms with E-state index in [9.17, 15) is 4.79 Å². The summed E-state index contributed by atoms with van der Waals surface area (Å²) in [6.45, 7) is 11.1. The fourth-order valence-electron chi connectivity index (χ4n) is 7.81. The highest BCUT2D eigenvalue weighted by Gasteiger charge is 2.63. The van der Waals surface area contributed by atoms with E-state index in [0.29, 0.717) is 47.1 Å². The largest absolute Gasteiger partial charge is 0.378 e. The molecule has 0 aliphatic heterocycles. The van der Waals surface area contributed by atoms with E-state index in [0.717, 1.165) is 45.3 Å². The van der Waals surface area contributed by atoms with Gasteiger partial charge in [0.2, 0.25) is 0 Å². The highest BCUT2D eigenvalue weighted by molar-refractivity contribution is 5.83. The van der Waals surface area contributed by atoms with Crippen molar-refractivity contribution in [1.82, 2.24) is 0 Å². The summed E-state index contributed by atoms with van der Waals surface area (Å²) in [5, 5.41) is 0. The van der Waals surface area contributed by atoms with E-state index in [-0.39, 0.29) is 5.41 Å². The molecule has 3 nitrogen and oxygen atoms in total. The Kier molecular flexibility index (Phi) is 5.97. The predicted molar refractivity (Wildman–Crippen MR) is 112 cm³/mol. The SMILES string of the molecule is CCCO[C@H]1CC[C@]2(C)[C@H](CC(=O)[C@H]3[C@H]4CC[C@H](OCCC)[C@]4(C)CC[C@H]32)C1. The van der Waals surface area contributed by atoms with Gasteiger partial charge in [-0.3, -0.25) is 4.79 Å². The molecule has 0 amide bonds. The van der Waals surface area contributed by atoms with Crippen LogP contribution >= 0.6 is 0 Å². The Morgan fingerprint density at radius 3 is 2.32 bits per heavy atom. The molecule has 0 saturated heterocycles. The first-order chi connectivity index (χ1) is 13.4. The summed E-state index contributed by atoms with van der Waals surface area (Å²) in [6.07, 6.45) is 12.1. The lowest BCUT2D eigenvalue weighted by Gasteiger charge is -2.60. The molecule has 8 atom stereocenters. The Balaban J connectivity index is 1.52. The fraction of sp³-hybridized carbons (Fsp3) is 0.960. The lowest BCUT2D eigenvalue weighted by Crippen LogP contribution is -2.57. The van der Waals surface area contributed by atoms with Crippen molar-refractivity contribution < 1.29 is 14.3 Å². The first-order valence-corrected chi connectivity index (χ1v) is 12.2. The summed E-state index contributed by atoms with van der Waals surface area (Å²) in [7, 11) is 0. The fourth-order valence-corrected chi connectivity index (χ4v) is 7.81. The predicted octanol–water partition coefficient (Wildman–Crippen LogP) is 5.80. The molecular formula is C25H42O3. The van der Waals surface area contributed by atoms with E-state index < -0.39 is 0 Å². The summed E-state index contributed by atoms with van der Waals surface area (Å²) < 4.78 is 12.4. The second-order valence-corrected chi connectivity index (χ2v) is 10.9. The molecule has 0 unspecified atom stereocenters. The first kappa shape index (κ1) is 20.8. The number of ether oxygens (including phenoxy) is 2. The molecule has 0 aromatic rings. The van der Waals surface area contributed by atoms with Crippen LogP contribution in [0.25, 0.3) is 0 Å². The van der Waals surface area contributed by atoms with Crippen LogP contribution in [-0.4, -0.2) is 31.2 Å². The monoisotopic (exact) mass is 390 g/mol.